The van der Waals surface area contributed by atoms with Crippen molar-refractivity contribution in [3.05, 3.63) is 24.3 Å². The second-order valence-corrected chi connectivity index (χ2v) is 8.91. The molecule has 0 bridgehead atoms. The molecule has 2 aliphatic rings. The second-order valence-electron chi connectivity index (χ2n) is 8.91. The van der Waals surface area contributed by atoms with Crippen LogP contribution in [0.25, 0.3) is 0 Å². The van der Waals surface area contributed by atoms with Crippen LogP contribution in [-0.4, -0.2) is 47.7 Å². The average Bonchev–Trinajstić information content (AvgIpc) is 3.04. The Morgan fingerprint density at radius 1 is 1.19 bits per heavy atom. The normalized spacial score (nSPS) is 33.5. The molecule has 0 aromatic rings. The SMILES string of the molecule is C=C[C@](C)(CCC=C(C)C)[C@H](O)[C@@H]1OC(C)(C)O[C@H]1[C@H]1COC(C)(C)O1. The fourth-order valence-corrected chi connectivity index (χ4v) is 3.64. The third-order valence-electron chi connectivity index (χ3n) is 5.25. The van der Waals surface area contributed by atoms with Crippen molar-refractivity contribution in [1.82, 2.24) is 0 Å². The highest BCUT2D eigenvalue weighted by molar-refractivity contribution is 5.06. The van der Waals surface area contributed by atoms with E-state index in [1.54, 1.807) is 0 Å². The lowest BCUT2D eigenvalue weighted by atomic mass is 9.76. The van der Waals surface area contributed by atoms with E-state index in [0.29, 0.717) is 6.61 Å². The Bertz CT molecular complexity index is 535. The summed E-state index contributed by atoms with van der Waals surface area (Å²) in [6.45, 7) is 18.1. The van der Waals surface area contributed by atoms with Crippen molar-refractivity contribution in [2.45, 2.75) is 97.3 Å². The summed E-state index contributed by atoms with van der Waals surface area (Å²) in [5, 5.41) is 11.2. The summed E-state index contributed by atoms with van der Waals surface area (Å²) >= 11 is 0. The Balaban J connectivity index is 2.18. The van der Waals surface area contributed by atoms with Gasteiger partial charge in [0.05, 0.1) is 12.7 Å². The van der Waals surface area contributed by atoms with Gasteiger partial charge in [0.2, 0.25) is 0 Å². The fraction of sp³-hybridized carbons (Fsp3) is 0.810. The van der Waals surface area contributed by atoms with Crippen molar-refractivity contribution in [2.75, 3.05) is 6.61 Å². The quantitative estimate of drug-likeness (QED) is 0.690. The average molecular weight is 369 g/mol. The Hall–Kier alpha value is -0.720. The molecule has 0 aromatic heterocycles. The monoisotopic (exact) mass is 368 g/mol. The maximum atomic E-state index is 11.2. The molecule has 5 heteroatoms. The van der Waals surface area contributed by atoms with Gasteiger partial charge in [-0.3, -0.25) is 0 Å². The highest BCUT2D eigenvalue weighted by Crippen LogP contribution is 2.42. The van der Waals surface area contributed by atoms with E-state index in [0.717, 1.165) is 12.8 Å². The summed E-state index contributed by atoms with van der Waals surface area (Å²) in [5.41, 5.74) is 0.775. The Morgan fingerprint density at radius 2 is 1.85 bits per heavy atom. The zero-order chi connectivity index (χ0) is 19.8. The van der Waals surface area contributed by atoms with Crippen LogP contribution in [0.2, 0.25) is 0 Å². The smallest absolute Gasteiger partial charge is 0.164 e. The van der Waals surface area contributed by atoms with Gasteiger partial charge in [-0.2, -0.15) is 0 Å². The van der Waals surface area contributed by atoms with Crippen LogP contribution in [-0.2, 0) is 18.9 Å². The maximum absolute atomic E-state index is 11.2. The van der Waals surface area contributed by atoms with Gasteiger partial charge in [-0.25, -0.2) is 0 Å². The molecule has 0 unspecified atom stereocenters. The van der Waals surface area contributed by atoms with Crippen molar-refractivity contribution >= 4 is 0 Å². The molecule has 0 spiro atoms. The molecule has 0 aliphatic carbocycles. The van der Waals surface area contributed by atoms with E-state index < -0.39 is 35.3 Å². The lowest BCUT2D eigenvalue weighted by molar-refractivity contribution is -0.176. The molecule has 5 atom stereocenters. The summed E-state index contributed by atoms with van der Waals surface area (Å²) in [4.78, 5) is 0. The van der Waals surface area contributed by atoms with Crippen LogP contribution in [0.15, 0.2) is 24.3 Å². The van der Waals surface area contributed by atoms with Gasteiger partial charge >= 0.3 is 0 Å². The van der Waals surface area contributed by atoms with Gasteiger partial charge in [-0.15, -0.1) is 6.58 Å². The zero-order valence-electron chi connectivity index (χ0n) is 17.4. The molecule has 2 saturated heterocycles. The van der Waals surface area contributed by atoms with E-state index in [2.05, 4.69) is 26.5 Å². The van der Waals surface area contributed by atoms with Gasteiger partial charge in [0.1, 0.15) is 18.3 Å². The van der Waals surface area contributed by atoms with Crippen molar-refractivity contribution in [3.8, 4) is 0 Å². The standard InChI is InChI=1S/C21H36O5/c1-9-21(8,12-10-11-14(2)3)18(22)17-16(25-20(6,7)26-17)15-13-23-19(4,5)24-15/h9,11,15-18,22H,1,10,12-13H2,2-8H3/t15-,16+,17-,18-,21-/m1/s1. The molecule has 2 fully saturated rings. The summed E-state index contributed by atoms with van der Waals surface area (Å²) in [7, 11) is 0. The van der Waals surface area contributed by atoms with Crippen LogP contribution in [0.5, 0.6) is 0 Å². The first kappa shape index (κ1) is 21.6. The van der Waals surface area contributed by atoms with Gasteiger partial charge in [0, 0.05) is 5.41 Å². The topological polar surface area (TPSA) is 57.2 Å². The Kier molecular flexibility index (Phi) is 6.41. The lowest BCUT2D eigenvalue weighted by Gasteiger charge is -2.37. The van der Waals surface area contributed by atoms with Crippen molar-refractivity contribution in [2.24, 2.45) is 5.41 Å². The number of allylic oxidation sites excluding steroid dienone is 2. The van der Waals surface area contributed by atoms with E-state index in [1.165, 1.54) is 5.57 Å². The first-order valence-electron chi connectivity index (χ1n) is 9.51. The predicted octanol–water partition coefficient (Wildman–Crippen LogP) is 3.96. The van der Waals surface area contributed by atoms with Crippen LogP contribution in [0.4, 0.5) is 0 Å². The van der Waals surface area contributed by atoms with Gasteiger partial charge in [-0.1, -0.05) is 24.6 Å². The van der Waals surface area contributed by atoms with E-state index in [9.17, 15) is 5.11 Å². The second kappa shape index (κ2) is 7.72. The minimum absolute atomic E-state index is 0.279. The van der Waals surface area contributed by atoms with Crippen LogP contribution < -0.4 is 0 Å². The van der Waals surface area contributed by atoms with E-state index in [1.807, 2.05) is 40.7 Å². The van der Waals surface area contributed by atoms with Gasteiger partial charge < -0.3 is 24.1 Å². The number of aliphatic hydroxyl groups excluding tert-OH is 1. The molecule has 26 heavy (non-hydrogen) atoms. The van der Waals surface area contributed by atoms with Crippen molar-refractivity contribution in [3.63, 3.8) is 0 Å². The van der Waals surface area contributed by atoms with Crippen LogP contribution in [0.1, 0.15) is 61.3 Å². The minimum Gasteiger partial charge on any atom is -0.389 e. The molecule has 0 radical (unpaired) electrons. The first-order valence-corrected chi connectivity index (χ1v) is 9.51. The number of aliphatic hydroxyl groups is 1. The van der Waals surface area contributed by atoms with E-state index >= 15 is 0 Å². The summed E-state index contributed by atoms with van der Waals surface area (Å²) in [5.74, 6) is -1.43. The third-order valence-corrected chi connectivity index (χ3v) is 5.25. The summed E-state index contributed by atoms with van der Waals surface area (Å²) < 4.78 is 23.9. The predicted molar refractivity (Wildman–Crippen MR) is 102 cm³/mol. The van der Waals surface area contributed by atoms with Crippen LogP contribution in [0.3, 0.4) is 0 Å². The third kappa shape index (κ3) is 4.96. The van der Waals surface area contributed by atoms with Gasteiger partial charge in [-0.05, 0) is 54.4 Å². The lowest BCUT2D eigenvalue weighted by Crippen LogP contribution is -2.49. The maximum Gasteiger partial charge on any atom is 0.164 e. The molecular formula is C21H36O5. The molecule has 5 nitrogen and oxygen atoms in total. The molecule has 2 aliphatic heterocycles. The number of hydrogen-bond donors (Lipinski definition) is 1. The van der Waals surface area contributed by atoms with Crippen molar-refractivity contribution in [1.29, 1.82) is 0 Å². The highest BCUT2D eigenvalue weighted by Gasteiger charge is 2.54. The molecular weight excluding hydrogens is 332 g/mol. The Morgan fingerprint density at radius 3 is 2.35 bits per heavy atom. The van der Waals surface area contributed by atoms with Crippen LogP contribution in [0, 0.1) is 5.41 Å². The largest absolute Gasteiger partial charge is 0.389 e. The fourth-order valence-electron chi connectivity index (χ4n) is 3.64. The summed E-state index contributed by atoms with van der Waals surface area (Å²) in [6.07, 6.45) is 3.72. The Labute approximate surface area is 158 Å². The van der Waals surface area contributed by atoms with E-state index in [-0.39, 0.29) is 6.10 Å². The molecule has 2 heterocycles. The zero-order valence-corrected chi connectivity index (χ0v) is 17.4. The minimum atomic E-state index is -0.783. The molecule has 0 aromatic carbocycles. The van der Waals surface area contributed by atoms with E-state index in [4.69, 9.17) is 18.9 Å². The summed E-state index contributed by atoms with van der Waals surface area (Å²) in [6, 6.07) is 0. The molecule has 2 rings (SSSR count). The van der Waals surface area contributed by atoms with Crippen LogP contribution >= 0.6 is 0 Å². The van der Waals surface area contributed by atoms with Gasteiger partial charge in [0.25, 0.3) is 0 Å². The van der Waals surface area contributed by atoms with Crippen molar-refractivity contribution < 1.29 is 24.1 Å². The molecule has 150 valence electrons. The number of ether oxygens (including phenoxy) is 4. The molecule has 1 N–H and O–H groups in total. The van der Waals surface area contributed by atoms with Gasteiger partial charge in [0.15, 0.2) is 11.6 Å². The number of rotatable bonds is 7. The number of hydrogen-bond acceptors (Lipinski definition) is 5. The highest BCUT2D eigenvalue weighted by atomic mass is 16.8. The first-order chi connectivity index (χ1) is 11.9. The molecule has 0 saturated carbocycles. The molecule has 0 amide bonds.